The number of nitrogens with zero attached hydrogens (tertiary/aromatic N) is 2. The maximum atomic E-state index is 11.8. The molecule has 0 saturated carbocycles. The highest BCUT2D eigenvalue weighted by Gasteiger charge is 2.26. The fourth-order valence-corrected chi connectivity index (χ4v) is 4.08. The van der Waals surface area contributed by atoms with E-state index in [0.717, 1.165) is 48.7 Å². The second-order valence-electron chi connectivity index (χ2n) is 6.41. The van der Waals surface area contributed by atoms with Crippen molar-refractivity contribution in [2.24, 2.45) is 5.92 Å². The van der Waals surface area contributed by atoms with Gasteiger partial charge >= 0.3 is 5.97 Å². The molecule has 2 heterocycles. The molecule has 7 heteroatoms. The summed E-state index contributed by atoms with van der Waals surface area (Å²) >= 11 is 7.53. The van der Waals surface area contributed by atoms with Crippen molar-refractivity contribution >= 4 is 28.9 Å². The van der Waals surface area contributed by atoms with E-state index in [0.29, 0.717) is 16.8 Å². The molecule has 2 aromatic rings. The third-order valence-electron chi connectivity index (χ3n) is 4.45. The molecule has 5 nitrogen and oxygen atoms in total. The largest absolute Gasteiger partial charge is 0.466 e. The smallest absolute Gasteiger partial charge is 0.309 e. The fourth-order valence-electron chi connectivity index (χ4n) is 3.04. The monoisotopic (exact) mass is 394 g/mol. The number of carbonyl (C=O) groups excluding carboxylic acids is 1. The Balaban J connectivity index is 1.52. The first-order chi connectivity index (χ1) is 12.5. The molecule has 0 bridgehead atoms. The first kappa shape index (κ1) is 19.1. The average molecular weight is 395 g/mol. The predicted molar refractivity (Wildman–Crippen MR) is 103 cm³/mol. The molecule has 1 saturated heterocycles. The zero-order chi connectivity index (χ0) is 18.5. The first-order valence-electron chi connectivity index (χ1n) is 8.83. The van der Waals surface area contributed by atoms with E-state index in [9.17, 15) is 4.79 Å². The number of rotatable bonds is 6. The van der Waals surface area contributed by atoms with Crippen LogP contribution in [0.15, 0.2) is 24.4 Å². The zero-order valence-electron chi connectivity index (χ0n) is 15.0. The third-order valence-corrected chi connectivity index (χ3v) is 5.55. The Hall–Kier alpha value is -1.63. The molecule has 0 spiro atoms. The number of likely N-dealkylation sites (tertiary alicyclic amines) is 1. The van der Waals surface area contributed by atoms with Gasteiger partial charge in [-0.15, -0.1) is 0 Å². The lowest BCUT2D eigenvalue weighted by Crippen LogP contribution is -2.36. The number of piperidine rings is 1. The summed E-state index contributed by atoms with van der Waals surface area (Å²) in [7, 11) is 0. The number of hydrogen-bond acceptors (Lipinski definition) is 6. The van der Waals surface area contributed by atoms with Gasteiger partial charge in [0.05, 0.1) is 12.5 Å². The maximum absolute atomic E-state index is 11.8. The number of halogens is 1. The minimum Gasteiger partial charge on any atom is -0.466 e. The molecule has 1 aromatic carbocycles. The Bertz CT molecular complexity index is 757. The molecule has 1 aliphatic heterocycles. The van der Waals surface area contributed by atoms with Crippen LogP contribution in [0.3, 0.4) is 0 Å². The van der Waals surface area contributed by atoms with Gasteiger partial charge in [0, 0.05) is 22.6 Å². The van der Waals surface area contributed by atoms with Gasteiger partial charge in [0.15, 0.2) is 0 Å². The topological polar surface area (TPSA) is 51.7 Å². The number of aromatic nitrogens is 1. The summed E-state index contributed by atoms with van der Waals surface area (Å²) in [5.74, 6) is 0.754. The molecular weight excluding hydrogens is 372 g/mol. The van der Waals surface area contributed by atoms with Gasteiger partial charge < -0.3 is 9.47 Å². The Morgan fingerprint density at radius 3 is 2.85 bits per heavy atom. The van der Waals surface area contributed by atoms with Crippen LogP contribution >= 0.6 is 22.9 Å². The van der Waals surface area contributed by atoms with E-state index < -0.39 is 0 Å². The van der Waals surface area contributed by atoms with Crippen LogP contribution in [0, 0.1) is 12.8 Å². The van der Waals surface area contributed by atoms with Crippen LogP contribution in [-0.4, -0.2) is 35.5 Å². The molecule has 3 rings (SSSR count). The van der Waals surface area contributed by atoms with Crippen LogP contribution < -0.4 is 4.74 Å². The highest BCUT2D eigenvalue weighted by atomic mass is 35.5. The van der Waals surface area contributed by atoms with E-state index in [1.165, 1.54) is 0 Å². The minimum atomic E-state index is -0.0565. The van der Waals surface area contributed by atoms with Crippen molar-refractivity contribution in [3.63, 3.8) is 0 Å². The Kier molecular flexibility index (Phi) is 6.51. The van der Waals surface area contributed by atoms with Crippen LogP contribution in [0.5, 0.6) is 10.9 Å². The van der Waals surface area contributed by atoms with E-state index in [1.54, 1.807) is 11.3 Å². The number of hydrogen-bond donors (Lipinski definition) is 0. The summed E-state index contributed by atoms with van der Waals surface area (Å²) in [5.41, 5.74) is 0.982. The molecule has 0 N–H and O–H groups in total. The van der Waals surface area contributed by atoms with Crippen molar-refractivity contribution in [3.05, 3.63) is 39.9 Å². The van der Waals surface area contributed by atoms with Gasteiger partial charge in [-0.05, 0) is 63.5 Å². The standard InChI is InChI=1S/C19H23ClN2O3S/c1-3-24-18(23)14-6-8-22(9-7-14)12-16-11-21-19(26-16)25-17-5-4-15(20)10-13(17)2/h4-5,10-11,14H,3,6-9,12H2,1-2H3. The molecule has 0 amide bonds. The molecule has 1 aliphatic rings. The van der Waals surface area contributed by atoms with Crippen LogP contribution in [0.2, 0.25) is 5.02 Å². The number of carbonyl (C=O) groups is 1. The predicted octanol–water partition coefficient (Wildman–Crippen LogP) is 4.67. The second-order valence-corrected chi connectivity index (χ2v) is 7.92. The van der Waals surface area contributed by atoms with Crippen LogP contribution in [0.25, 0.3) is 0 Å². The van der Waals surface area contributed by atoms with Crippen molar-refractivity contribution in [2.45, 2.75) is 33.2 Å². The van der Waals surface area contributed by atoms with E-state index in [2.05, 4.69) is 9.88 Å². The number of ether oxygens (including phenoxy) is 2. The van der Waals surface area contributed by atoms with Crippen molar-refractivity contribution in [3.8, 4) is 10.9 Å². The Morgan fingerprint density at radius 2 is 2.15 bits per heavy atom. The first-order valence-corrected chi connectivity index (χ1v) is 10.0. The summed E-state index contributed by atoms with van der Waals surface area (Å²) in [6.45, 7) is 6.89. The SMILES string of the molecule is CCOC(=O)C1CCN(Cc2cnc(Oc3ccc(Cl)cc3C)s2)CC1. The summed E-state index contributed by atoms with van der Waals surface area (Å²) < 4.78 is 11.0. The number of aryl methyl sites for hydroxylation is 1. The van der Waals surface area contributed by atoms with Gasteiger partial charge in [0.25, 0.3) is 5.19 Å². The average Bonchev–Trinajstić information content (AvgIpc) is 3.05. The van der Waals surface area contributed by atoms with E-state index in [1.807, 2.05) is 38.2 Å². The highest BCUT2D eigenvalue weighted by molar-refractivity contribution is 7.13. The number of benzene rings is 1. The summed E-state index contributed by atoms with van der Waals surface area (Å²) in [6.07, 6.45) is 3.57. The van der Waals surface area contributed by atoms with Crippen molar-refractivity contribution in [1.29, 1.82) is 0 Å². The summed E-state index contributed by atoms with van der Waals surface area (Å²) in [6, 6.07) is 5.55. The molecule has 1 aromatic heterocycles. The zero-order valence-corrected chi connectivity index (χ0v) is 16.6. The maximum Gasteiger partial charge on any atom is 0.309 e. The lowest BCUT2D eigenvalue weighted by atomic mass is 9.97. The van der Waals surface area contributed by atoms with Gasteiger partial charge in [0.2, 0.25) is 0 Å². The molecule has 0 aliphatic carbocycles. The quantitative estimate of drug-likeness (QED) is 0.666. The molecule has 26 heavy (non-hydrogen) atoms. The lowest BCUT2D eigenvalue weighted by Gasteiger charge is -2.30. The molecule has 0 atom stereocenters. The Morgan fingerprint density at radius 1 is 1.38 bits per heavy atom. The second kappa shape index (κ2) is 8.84. The number of thiazole rings is 1. The van der Waals surface area contributed by atoms with Gasteiger partial charge in [-0.3, -0.25) is 9.69 Å². The van der Waals surface area contributed by atoms with Gasteiger partial charge in [-0.2, -0.15) is 0 Å². The fraction of sp³-hybridized carbons (Fsp3) is 0.474. The molecular formula is C19H23ClN2O3S. The van der Waals surface area contributed by atoms with Gasteiger partial charge in [0.1, 0.15) is 5.75 Å². The van der Waals surface area contributed by atoms with Crippen LogP contribution in [-0.2, 0) is 16.1 Å². The minimum absolute atomic E-state index is 0.0411. The highest BCUT2D eigenvalue weighted by Crippen LogP contribution is 2.31. The summed E-state index contributed by atoms with van der Waals surface area (Å²) in [5, 5.41) is 1.33. The van der Waals surface area contributed by atoms with Crippen molar-refractivity contribution in [2.75, 3.05) is 19.7 Å². The lowest BCUT2D eigenvalue weighted by molar-refractivity contribution is -0.149. The normalized spacial score (nSPS) is 15.8. The Labute approximate surface area is 162 Å². The van der Waals surface area contributed by atoms with Crippen molar-refractivity contribution < 1.29 is 14.3 Å². The van der Waals surface area contributed by atoms with Gasteiger partial charge in [-0.1, -0.05) is 22.9 Å². The molecule has 0 radical (unpaired) electrons. The van der Waals surface area contributed by atoms with Gasteiger partial charge in [-0.25, -0.2) is 4.98 Å². The van der Waals surface area contributed by atoms with E-state index in [-0.39, 0.29) is 11.9 Å². The molecule has 0 unspecified atom stereocenters. The number of esters is 1. The summed E-state index contributed by atoms with van der Waals surface area (Å²) in [4.78, 5) is 19.7. The van der Waals surface area contributed by atoms with Crippen molar-refractivity contribution in [1.82, 2.24) is 9.88 Å². The third kappa shape index (κ3) is 4.96. The molecule has 1 fully saturated rings. The van der Waals surface area contributed by atoms with Crippen LogP contribution in [0.1, 0.15) is 30.2 Å². The molecule has 140 valence electrons. The van der Waals surface area contributed by atoms with E-state index >= 15 is 0 Å². The van der Waals surface area contributed by atoms with E-state index in [4.69, 9.17) is 21.1 Å². The van der Waals surface area contributed by atoms with Crippen LogP contribution in [0.4, 0.5) is 0 Å².